The first-order valence-electron chi connectivity index (χ1n) is 7.49. The Morgan fingerprint density at radius 2 is 1.68 bits per heavy atom. The molecule has 0 atom stereocenters. The quantitative estimate of drug-likeness (QED) is 0.866. The fraction of sp³-hybridized carbons (Fsp3) is 0.278. The highest BCUT2D eigenvalue weighted by Gasteiger charge is 2.23. The summed E-state index contributed by atoms with van der Waals surface area (Å²) in [4.78, 5) is 16.2. The second-order valence-electron chi connectivity index (χ2n) is 5.64. The maximum atomic E-state index is 13.2. The zero-order valence-corrected chi connectivity index (χ0v) is 12.4. The van der Waals surface area contributed by atoms with Gasteiger partial charge in [0.05, 0.1) is 6.54 Å². The molecule has 0 radical (unpaired) electrons. The second kappa shape index (κ2) is 6.71. The van der Waals surface area contributed by atoms with Crippen LogP contribution in [0.15, 0.2) is 54.6 Å². The van der Waals surface area contributed by atoms with Crippen LogP contribution < -0.4 is 0 Å². The number of carbonyl (C=O) groups is 1. The lowest BCUT2D eigenvalue weighted by molar-refractivity contribution is -0.136. The Hall–Kier alpha value is -2.20. The van der Waals surface area contributed by atoms with Gasteiger partial charge in [-0.15, -0.1) is 0 Å². The predicted octanol–water partition coefficient (Wildman–Crippen LogP) is 2.67. The molecule has 0 unspecified atom stereocenters. The van der Waals surface area contributed by atoms with E-state index in [0.717, 1.165) is 17.7 Å². The van der Waals surface area contributed by atoms with Crippen molar-refractivity contribution in [3.63, 3.8) is 0 Å². The Balaban J connectivity index is 1.57. The van der Waals surface area contributed by atoms with Crippen molar-refractivity contribution >= 4 is 5.91 Å². The van der Waals surface area contributed by atoms with E-state index in [1.807, 2.05) is 41.3 Å². The van der Waals surface area contributed by atoms with Gasteiger partial charge in [-0.3, -0.25) is 9.69 Å². The van der Waals surface area contributed by atoms with Gasteiger partial charge < -0.3 is 4.90 Å². The molecule has 0 aliphatic carbocycles. The van der Waals surface area contributed by atoms with Gasteiger partial charge in [0, 0.05) is 26.2 Å². The fourth-order valence-electron chi connectivity index (χ4n) is 2.76. The Labute approximate surface area is 130 Å². The Morgan fingerprint density at radius 3 is 2.41 bits per heavy atom. The molecule has 0 N–H and O–H groups in total. The van der Waals surface area contributed by atoms with Crippen molar-refractivity contribution in [3.8, 4) is 0 Å². The number of hydrogen-bond donors (Lipinski definition) is 0. The summed E-state index contributed by atoms with van der Waals surface area (Å²) < 4.78 is 13.2. The zero-order chi connectivity index (χ0) is 15.4. The zero-order valence-electron chi connectivity index (χ0n) is 12.4. The minimum Gasteiger partial charge on any atom is -0.336 e. The van der Waals surface area contributed by atoms with Crippen molar-refractivity contribution < 1.29 is 9.18 Å². The van der Waals surface area contributed by atoms with E-state index < -0.39 is 0 Å². The molecular formula is C18H19FN2O. The van der Waals surface area contributed by atoms with Crippen LogP contribution in [-0.4, -0.2) is 35.3 Å². The smallest absolute Gasteiger partial charge is 0.237 e. The third-order valence-corrected chi connectivity index (χ3v) is 3.91. The Morgan fingerprint density at radius 1 is 0.909 bits per heavy atom. The number of nitrogens with zero attached hydrogens (tertiary/aromatic N) is 2. The van der Waals surface area contributed by atoms with Gasteiger partial charge in [-0.25, -0.2) is 4.39 Å². The van der Waals surface area contributed by atoms with Gasteiger partial charge in [0.2, 0.25) is 5.91 Å². The first-order chi connectivity index (χ1) is 10.7. The van der Waals surface area contributed by atoms with Gasteiger partial charge in [0.15, 0.2) is 0 Å². The minimum atomic E-state index is -0.230. The summed E-state index contributed by atoms with van der Waals surface area (Å²) in [5, 5.41) is 0. The topological polar surface area (TPSA) is 23.6 Å². The highest BCUT2D eigenvalue weighted by Crippen LogP contribution is 2.13. The Kier molecular flexibility index (Phi) is 4.49. The molecule has 1 aliphatic heterocycles. The van der Waals surface area contributed by atoms with Crippen LogP contribution in [0.1, 0.15) is 11.1 Å². The van der Waals surface area contributed by atoms with Gasteiger partial charge >= 0.3 is 0 Å². The Bertz CT molecular complexity index is 645. The molecule has 4 heteroatoms. The standard InChI is InChI=1S/C18H19FN2O/c19-17-8-4-7-16(11-17)12-20-9-10-21(18(22)14-20)13-15-5-2-1-3-6-15/h1-8,11H,9-10,12-14H2. The van der Waals surface area contributed by atoms with Crippen molar-refractivity contribution in [1.29, 1.82) is 0 Å². The van der Waals surface area contributed by atoms with Crippen molar-refractivity contribution in [2.24, 2.45) is 0 Å². The molecule has 1 heterocycles. The summed E-state index contributed by atoms with van der Waals surface area (Å²) >= 11 is 0. The molecular weight excluding hydrogens is 279 g/mol. The summed E-state index contributed by atoms with van der Waals surface area (Å²) in [6, 6.07) is 16.6. The van der Waals surface area contributed by atoms with Crippen molar-refractivity contribution in [3.05, 3.63) is 71.5 Å². The van der Waals surface area contributed by atoms with Crippen LogP contribution >= 0.6 is 0 Å². The van der Waals surface area contributed by atoms with E-state index in [1.165, 1.54) is 12.1 Å². The third-order valence-electron chi connectivity index (χ3n) is 3.91. The van der Waals surface area contributed by atoms with Crippen LogP contribution in [0.5, 0.6) is 0 Å². The average Bonchev–Trinajstić information content (AvgIpc) is 2.51. The normalized spacial score (nSPS) is 16.0. The molecule has 1 amide bonds. The third kappa shape index (κ3) is 3.71. The molecule has 1 saturated heterocycles. The maximum Gasteiger partial charge on any atom is 0.237 e. The van der Waals surface area contributed by atoms with Gasteiger partial charge in [-0.1, -0.05) is 42.5 Å². The number of benzene rings is 2. The molecule has 3 nitrogen and oxygen atoms in total. The average molecular weight is 298 g/mol. The van der Waals surface area contributed by atoms with Crippen LogP contribution in [0.3, 0.4) is 0 Å². The van der Waals surface area contributed by atoms with E-state index in [4.69, 9.17) is 0 Å². The SMILES string of the molecule is O=C1CN(Cc2cccc(F)c2)CCN1Cc1ccccc1. The van der Waals surface area contributed by atoms with Crippen molar-refractivity contribution in [1.82, 2.24) is 9.80 Å². The number of carbonyl (C=O) groups excluding carboxylic acids is 1. The van der Waals surface area contributed by atoms with Gasteiger partial charge in [0.1, 0.15) is 5.82 Å². The molecule has 0 saturated carbocycles. The van der Waals surface area contributed by atoms with Gasteiger partial charge in [-0.05, 0) is 23.3 Å². The van der Waals surface area contributed by atoms with Gasteiger partial charge in [-0.2, -0.15) is 0 Å². The molecule has 0 bridgehead atoms. The van der Waals surface area contributed by atoms with E-state index in [-0.39, 0.29) is 11.7 Å². The van der Waals surface area contributed by atoms with Crippen LogP contribution in [0, 0.1) is 5.82 Å². The molecule has 2 aromatic rings. The lowest BCUT2D eigenvalue weighted by Gasteiger charge is -2.34. The van der Waals surface area contributed by atoms with E-state index >= 15 is 0 Å². The number of piperazine rings is 1. The largest absolute Gasteiger partial charge is 0.336 e. The summed E-state index contributed by atoms with van der Waals surface area (Å²) in [5.41, 5.74) is 2.05. The highest BCUT2D eigenvalue weighted by molar-refractivity contribution is 5.79. The lowest BCUT2D eigenvalue weighted by Crippen LogP contribution is -2.49. The fourth-order valence-corrected chi connectivity index (χ4v) is 2.76. The molecule has 0 aromatic heterocycles. The molecule has 1 fully saturated rings. The highest BCUT2D eigenvalue weighted by atomic mass is 19.1. The van der Waals surface area contributed by atoms with E-state index in [9.17, 15) is 9.18 Å². The van der Waals surface area contributed by atoms with Crippen LogP contribution in [0.2, 0.25) is 0 Å². The molecule has 114 valence electrons. The number of hydrogen-bond acceptors (Lipinski definition) is 2. The van der Waals surface area contributed by atoms with Crippen molar-refractivity contribution in [2.45, 2.75) is 13.1 Å². The molecule has 0 spiro atoms. The number of rotatable bonds is 4. The molecule has 22 heavy (non-hydrogen) atoms. The van der Waals surface area contributed by atoms with E-state index in [0.29, 0.717) is 26.2 Å². The number of amides is 1. The molecule has 1 aliphatic rings. The van der Waals surface area contributed by atoms with Crippen LogP contribution in [0.25, 0.3) is 0 Å². The molecule has 2 aromatic carbocycles. The second-order valence-corrected chi connectivity index (χ2v) is 5.64. The summed E-state index contributed by atoms with van der Waals surface area (Å²) in [6.07, 6.45) is 0. The summed E-state index contributed by atoms with van der Waals surface area (Å²) in [5.74, 6) is -0.0990. The summed E-state index contributed by atoms with van der Waals surface area (Å²) in [6.45, 7) is 3.19. The number of halogens is 1. The van der Waals surface area contributed by atoms with Crippen LogP contribution in [-0.2, 0) is 17.9 Å². The maximum absolute atomic E-state index is 13.2. The lowest BCUT2D eigenvalue weighted by atomic mass is 10.1. The van der Waals surface area contributed by atoms with Crippen LogP contribution in [0.4, 0.5) is 4.39 Å². The van der Waals surface area contributed by atoms with Gasteiger partial charge in [0.25, 0.3) is 0 Å². The minimum absolute atomic E-state index is 0.131. The summed E-state index contributed by atoms with van der Waals surface area (Å²) in [7, 11) is 0. The first-order valence-corrected chi connectivity index (χ1v) is 7.49. The first kappa shape index (κ1) is 14.7. The van der Waals surface area contributed by atoms with Crippen molar-refractivity contribution in [2.75, 3.05) is 19.6 Å². The predicted molar refractivity (Wildman–Crippen MR) is 83.5 cm³/mol. The van der Waals surface area contributed by atoms with E-state index in [1.54, 1.807) is 6.07 Å². The van der Waals surface area contributed by atoms with E-state index in [2.05, 4.69) is 4.90 Å². The molecule has 3 rings (SSSR count). The monoisotopic (exact) mass is 298 g/mol.